The number of pyridine rings is 1. The molecule has 0 saturated heterocycles. The maximum absolute atomic E-state index is 6.05. The Morgan fingerprint density at radius 1 is 0.962 bits per heavy atom. The molecule has 0 aliphatic heterocycles. The van der Waals surface area contributed by atoms with Gasteiger partial charge in [-0.1, -0.05) is 19.0 Å². The lowest BCUT2D eigenvalue weighted by molar-refractivity contribution is 0.996. The van der Waals surface area contributed by atoms with Crippen LogP contribution >= 0.6 is 11.6 Å². The van der Waals surface area contributed by atoms with E-state index >= 15 is 0 Å². The van der Waals surface area contributed by atoms with Gasteiger partial charge in [-0.25, -0.2) is 9.97 Å². The van der Waals surface area contributed by atoms with Crippen molar-refractivity contribution >= 4 is 28.5 Å². The minimum Gasteiger partial charge on any atom is -0.347 e. The van der Waals surface area contributed by atoms with Crippen molar-refractivity contribution in [1.82, 2.24) is 19.5 Å². The summed E-state index contributed by atoms with van der Waals surface area (Å²) < 4.78 is 2.15. The first-order valence-electron chi connectivity index (χ1n) is 7.84. The molecule has 0 radical (unpaired) electrons. The molecule has 0 fully saturated rings. The normalized spacial score (nSPS) is 10.6. The van der Waals surface area contributed by atoms with Crippen molar-refractivity contribution in [2.45, 2.75) is 7.43 Å². The van der Waals surface area contributed by atoms with Gasteiger partial charge in [-0.05, 0) is 36.4 Å². The highest BCUT2D eigenvalue weighted by Gasteiger charge is 2.13. The largest absolute Gasteiger partial charge is 0.347 e. The van der Waals surface area contributed by atoms with Crippen LogP contribution in [0.2, 0.25) is 5.02 Å². The highest BCUT2D eigenvalue weighted by molar-refractivity contribution is 6.30. The lowest BCUT2D eigenvalue weighted by Crippen LogP contribution is -2.12. The number of fused-ring (bicyclic) bond motifs is 1. The minimum absolute atomic E-state index is 0. The van der Waals surface area contributed by atoms with Crippen molar-refractivity contribution < 1.29 is 0 Å². The first-order chi connectivity index (χ1) is 12.1. The van der Waals surface area contributed by atoms with Crippen LogP contribution in [0.4, 0.5) is 5.95 Å². The molecule has 0 saturated carbocycles. The van der Waals surface area contributed by atoms with E-state index in [1.165, 1.54) is 0 Å². The van der Waals surface area contributed by atoms with Gasteiger partial charge in [0, 0.05) is 54.3 Å². The smallest absolute Gasteiger partial charge is 0.224 e. The number of rotatable bonds is 3. The van der Waals surface area contributed by atoms with Crippen LogP contribution in [0.25, 0.3) is 27.8 Å². The van der Waals surface area contributed by atoms with Gasteiger partial charge in [0.15, 0.2) is 0 Å². The minimum atomic E-state index is 0. The number of anilines is 1. The first kappa shape index (κ1) is 17.9. The van der Waals surface area contributed by atoms with Crippen LogP contribution in [0, 0.1) is 0 Å². The van der Waals surface area contributed by atoms with Gasteiger partial charge < -0.3 is 9.47 Å². The van der Waals surface area contributed by atoms with Crippen molar-refractivity contribution in [1.29, 1.82) is 0 Å². The second kappa shape index (κ2) is 7.14. The third-order valence-corrected chi connectivity index (χ3v) is 4.28. The fourth-order valence-corrected chi connectivity index (χ4v) is 2.94. The summed E-state index contributed by atoms with van der Waals surface area (Å²) in [7, 11) is 3.84. The fourth-order valence-electron chi connectivity index (χ4n) is 2.81. The summed E-state index contributed by atoms with van der Waals surface area (Å²) in [5.74, 6) is 0.680. The molecule has 0 spiro atoms. The summed E-state index contributed by atoms with van der Waals surface area (Å²) in [5.41, 5.74) is 3.99. The molecule has 3 aromatic heterocycles. The summed E-state index contributed by atoms with van der Waals surface area (Å²) in [5, 5.41) is 1.81. The Balaban J connectivity index is 0.00000196. The summed E-state index contributed by atoms with van der Waals surface area (Å²) in [6.07, 6.45) is 7.35. The molecule has 5 nitrogen and oxygen atoms in total. The van der Waals surface area contributed by atoms with Crippen molar-refractivity contribution in [2.75, 3.05) is 19.0 Å². The average Bonchev–Trinajstić information content (AvgIpc) is 3.02. The first-order valence-corrected chi connectivity index (χ1v) is 8.22. The topological polar surface area (TPSA) is 46.8 Å². The van der Waals surface area contributed by atoms with E-state index in [1.54, 1.807) is 6.20 Å². The highest BCUT2D eigenvalue weighted by atomic mass is 35.5. The molecule has 26 heavy (non-hydrogen) atoms. The highest BCUT2D eigenvalue weighted by Crippen LogP contribution is 2.31. The van der Waals surface area contributed by atoms with Crippen LogP contribution < -0.4 is 4.90 Å². The average molecular weight is 366 g/mol. The Hall–Kier alpha value is -2.92. The summed E-state index contributed by atoms with van der Waals surface area (Å²) in [6.45, 7) is 0. The third kappa shape index (κ3) is 3.13. The maximum Gasteiger partial charge on any atom is 0.224 e. The van der Waals surface area contributed by atoms with E-state index in [-0.39, 0.29) is 7.43 Å². The van der Waals surface area contributed by atoms with Gasteiger partial charge in [0.1, 0.15) is 0 Å². The zero-order chi connectivity index (χ0) is 17.4. The molecule has 0 unspecified atom stereocenters. The molecular formula is C20H20ClN5. The molecule has 132 valence electrons. The van der Waals surface area contributed by atoms with Crippen LogP contribution in [0.3, 0.4) is 0 Å². The van der Waals surface area contributed by atoms with Crippen LogP contribution in [0.15, 0.2) is 61.2 Å². The van der Waals surface area contributed by atoms with Gasteiger partial charge in [-0.15, -0.1) is 0 Å². The Bertz CT molecular complexity index is 1020. The third-order valence-electron chi connectivity index (χ3n) is 4.03. The molecule has 0 aliphatic rings. The second-order valence-corrected chi connectivity index (χ2v) is 6.38. The molecule has 0 amide bonds. The molecular weight excluding hydrogens is 346 g/mol. The molecule has 4 aromatic rings. The molecule has 6 heteroatoms. The van der Waals surface area contributed by atoms with Gasteiger partial charge in [0.25, 0.3) is 0 Å². The van der Waals surface area contributed by atoms with E-state index in [4.69, 9.17) is 11.6 Å². The van der Waals surface area contributed by atoms with E-state index in [0.717, 1.165) is 27.8 Å². The number of halogens is 1. The van der Waals surface area contributed by atoms with Gasteiger partial charge >= 0.3 is 0 Å². The molecule has 1 aromatic carbocycles. The number of benzene rings is 1. The standard InChI is InChI=1S/C19H16ClN5.CH4/c1-24(2)19-22-10-14(11-23-19)17-9-13-7-8-21-12-18(13)25(17)16-5-3-15(20)4-6-16;/h3-12H,1-2H3;1H4. The number of aromatic nitrogens is 4. The Labute approximate surface area is 157 Å². The van der Waals surface area contributed by atoms with Crippen LogP contribution in [-0.2, 0) is 0 Å². The predicted molar refractivity (Wildman–Crippen MR) is 108 cm³/mol. The van der Waals surface area contributed by atoms with Gasteiger partial charge in [0.2, 0.25) is 5.95 Å². The van der Waals surface area contributed by atoms with Crippen molar-refractivity contribution in [3.63, 3.8) is 0 Å². The molecule has 0 atom stereocenters. The molecule has 3 heterocycles. The SMILES string of the molecule is C.CN(C)c1ncc(-c2cc3ccncc3n2-c2ccc(Cl)cc2)cn1. The quantitative estimate of drug-likeness (QED) is 0.521. The lowest BCUT2D eigenvalue weighted by atomic mass is 10.2. The summed E-state index contributed by atoms with van der Waals surface area (Å²) in [4.78, 5) is 15.0. The van der Waals surface area contributed by atoms with E-state index in [9.17, 15) is 0 Å². The van der Waals surface area contributed by atoms with E-state index in [1.807, 2.05) is 67.9 Å². The second-order valence-electron chi connectivity index (χ2n) is 5.94. The van der Waals surface area contributed by atoms with Gasteiger partial charge in [-0.3, -0.25) is 4.98 Å². The summed E-state index contributed by atoms with van der Waals surface area (Å²) >= 11 is 6.05. The monoisotopic (exact) mass is 365 g/mol. The number of nitrogens with zero attached hydrogens (tertiary/aromatic N) is 5. The number of hydrogen-bond acceptors (Lipinski definition) is 4. The number of hydrogen-bond donors (Lipinski definition) is 0. The van der Waals surface area contributed by atoms with Crippen LogP contribution in [0.1, 0.15) is 7.43 Å². The maximum atomic E-state index is 6.05. The van der Waals surface area contributed by atoms with Crippen molar-refractivity contribution in [2.24, 2.45) is 0 Å². The van der Waals surface area contributed by atoms with Crippen molar-refractivity contribution in [3.05, 3.63) is 66.2 Å². The van der Waals surface area contributed by atoms with Crippen LogP contribution in [0.5, 0.6) is 0 Å². The molecule has 0 N–H and O–H groups in total. The van der Waals surface area contributed by atoms with E-state index in [0.29, 0.717) is 11.0 Å². The zero-order valence-corrected chi connectivity index (χ0v) is 14.6. The van der Waals surface area contributed by atoms with Gasteiger partial charge in [0.05, 0.1) is 17.4 Å². The summed E-state index contributed by atoms with van der Waals surface area (Å²) in [6, 6.07) is 11.9. The lowest BCUT2D eigenvalue weighted by Gasteiger charge is -2.12. The fraction of sp³-hybridized carbons (Fsp3) is 0.150. The zero-order valence-electron chi connectivity index (χ0n) is 13.9. The molecule has 0 bridgehead atoms. The Morgan fingerprint density at radius 2 is 1.65 bits per heavy atom. The van der Waals surface area contributed by atoms with Crippen LogP contribution in [-0.4, -0.2) is 33.6 Å². The van der Waals surface area contributed by atoms with E-state index in [2.05, 4.69) is 25.6 Å². The molecule has 4 rings (SSSR count). The predicted octanol–water partition coefficient (Wildman–Crippen LogP) is 4.84. The Kier molecular flexibility index (Phi) is 4.91. The van der Waals surface area contributed by atoms with Gasteiger partial charge in [-0.2, -0.15) is 0 Å². The van der Waals surface area contributed by atoms with Crippen molar-refractivity contribution in [3.8, 4) is 16.9 Å². The Morgan fingerprint density at radius 3 is 2.31 bits per heavy atom. The molecule has 0 aliphatic carbocycles. The van der Waals surface area contributed by atoms with E-state index < -0.39 is 0 Å².